The summed E-state index contributed by atoms with van der Waals surface area (Å²) >= 11 is 3.99. The molecule has 0 aliphatic rings. The van der Waals surface area contributed by atoms with E-state index in [1.54, 1.807) is 12.1 Å². The molecule has 0 heterocycles. The van der Waals surface area contributed by atoms with Crippen molar-refractivity contribution in [1.82, 2.24) is 0 Å². The topological polar surface area (TPSA) is 92.5 Å². The smallest absolute Gasteiger partial charge is 0.269 e. The summed E-state index contributed by atoms with van der Waals surface area (Å²) in [6.07, 6.45) is 0. The van der Waals surface area contributed by atoms with Crippen LogP contribution in [-0.4, -0.2) is 15.9 Å². The molecule has 108 valence electrons. The van der Waals surface area contributed by atoms with E-state index in [2.05, 4.69) is 27.9 Å². The van der Waals surface area contributed by atoms with Crippen molar-refractivity contribution in [3.8, 4) is 5.75 Å². The van der Waals surface area contributed by atoms with Crippen LogP contribution in [-0.2, 0) is 0 Å². The molecule has 8 heteroatoms. The fraction of sp³-hybridized carbons (Fsp3) is 0. The number of non-ortho nitro benzene ring substituents is 1. The standard InChI is InChI=1S/C13H8I2N2O4/c14-7-5-10(12(18)11(15)6-7)13(19)16-8-1-3-9(4-2-8)17(20)21/h1-6,18H,(H,16,19). The Labute approximate surface area is 147 Å². The predicted octanol–water partition coefficient (Wildman–Crippen LogP) is 3.76. The number of nitrogens with zero attached hydrogens (tertiary/aromatic N) is 1. The van der Waals surface area contributed by atoms with Crippen LogP contribution in [0.15, 0.2) is 36.4 Å². The van der Waals surface area contributed by atoms with Gasteiger partial charge < -0.3 is 10.4 Å². The monoisotopic (exact) mass is 510 g/mol. The van der Waals surface area contributed by atoms with Gasteiger partial charge in [-0.3, -0.25) is 14.9 Å². The van der Waals surface area contributed by atoms with Gasteiger partial charge in [0.1, 0.15) is 5.75 Å². The van der Waals surface area contributed by atoms with Gasteiger partial charge in [-0.2, -0.15) is 0 Å². The van der Waals surface area contributed by atoms with E-state index >= 15 is 0 Å². The predicted molar refractivity (Wildman–Crippen MR) is 94.6 cm³/mol. The average molecular weight is 510 g/mol. The van der Waals surface area contributed by atoms with Crippen LogP contribution in [0, 0.1) is 17.3 Å². The molecule has 2 rings (SSSR count). The van der Waals surface area contributed by atoms with E-state index in [1.807, 2.05) is 22.6 Å². The van der Waals surface area contributed by atoms with E-state index in [4.69, 9.17) is 0 Å². The molecule has 0 fully saturated rings. The van der Waals surface area contributed by atoms with Crippen molar-refractivity contribution < 1.29 is 14.8 Å². The van der Waals surface area contributed by atoms with Crippen molar-refractivity contribution in [3.05, 3.63) is 59.2 Å². The van der Waals surface area contributed by atoms with Crippen molar-refractivity contribution in [1.29, 1.82) is 0 Å². The molecule has 1 amide bonds. The zero-order valence-electron chi connectivity index (χ0n) is 10.3. The molecule has 0 unspecified atom stereocenters. The average Bonchev–Trinajstić information content (AvgIpc) is 2.43. The van der Waals surface area contributed by atoms with E-state index in [0.29, 0.717) is 9.26 Å². The maximum Gasteiger partial charge on any atom is 0.269 e. The highest BCUT2D eigenvalue weighted by Crippen LogP contribution is 2.27. The Morgan fingerprint density at radius 3 is 2.38 bits per heavy atom. The Morgan fingerprint density at radius 2 is 1.81 bits per heavy atom. The number of anilines is 1. The zero-order valence-corrected chi connectivity index (χ0v) is 14.7. The van der Waals surface area contributed by atoms with E-state index in [-0.39, 0.29) is 17.0 Å². The summed E-state index contributed by atoms with van der Waals surface area (Å²) in [6.45, 7) is 0. The minimum absolute atomic E-state index is 0.0559. The summed E-state index contributed by atoms with van der Waals surface area (Å²) in [5, 5.41) is 23.1. The molecule has 2 aromatic rings. The van der Waals surface area contributed by atoms with Gasteiger partial charge in [0.25, 0.3) is 11.6 Å². The fourth-order valence-corrected chi connectivity index (χ4v) is 3.45. The van der Waals surface area contributed by atoms with Crippen LogP contribution in [0.5, 0.6) is 5.75 Å². The molecule has 0 spiro atoms. The molecule has 0 bridgehead atoms. The van der Waals surface area contributed by atoms with Crippen molar-refractivity contribution in [2.75, 3.05) is 5.32 Å². The van der Waals surface area contributed by atoms with Crippen LogP contribution in [0.1, 0.15) is 10.4 Å². The second-order valence-electron chi connectivity index (χ2n) is 4.04. The summed E-state index contributed by atoms with van der Waals surface area (Å²) < 4.78 is 1.40. The highest BCUT2D eigenvalue weighted by molar-refractivity contribution is 14.1. The van der Waals surface area contributed by atoms with Gasteiger partial charge in [-0.15, -0.1) is 0 Å². The molecule has 21 heavy (non-hydrogen) atoms. The third-order valence-corrected chi connectivity index (χ3v) is 4.05. The lowest BCUT2D eigenvalue weighted by Gasteiger charge is -2.08. The SMILES string of the molecule is O=C(Nc1ccc([N+](=O)[O-])cc1)c1cc(I)cc(I)c1O. The molecule has 0 aliphatic heterocycles. The Kier molecular flexibility index (Phi) is 4.98. The van der Waals surface area contributed by atoms with Gasteiger partial charge >= 0.3 is 0 Å². The molecule has 0 aliphatic carbocycles. The first-order valence-corrected chi connectivity index (χ1v) is 7.78. The van der Waals surface area contributed by atoms with Crippen LogP contribution in [0.2, 0.25) is 0 Å². The van der Waals surface area contributed by atoms with Gasteiger partial charge in [0.15, 0.2) is 0 Å². The number of phenolic OH excluding ortho intramolecular Hbond substituents is 1. The Bertz CT molecular complexity index is 717. The lowest BCUT2D eigenvalue weighted by atomic mass is 10.2. The van der Waals surface area contributed by atoms with Gasteiger partial charge in [0.2, 0.25) is 0 Å². The number of hydrogen-bond acceptors (Lipinski definition) is 4. The Morgan fingerprint density at radius 1 is 1.19 bits per heavy atom. The summed E-state index contributed by atoms with van der Waals surface area (Å²) in [5.41, 5.74) is 0.517. The van der Waals surface area contributed by atoms with Crippen LogP contribution < -0.4 is 5.32 Å². The Balaban J connectivity index is 2.24. The van der Waals surface area contributed by atoms with Gasteiger partial charge in [0.05, 0.1) is 14.1 Å². The molecule has 0 radical (unpaired) electrons. The molecule has 6 nitrogen and oxygen atoms in total. The summed E-state index contributed by atoms with van der Waals surface area (Å²) in [7, 11) is 0. The van der Waals surface area contributed by atoms with E-state index < -0.39 is 10.8 Å². The van der Waals surface area contributed by atoms with E-state index in [0.717, 1.165) is 3.57 Å². The first kappa shape index (κ1) is 15.9. The van der Waals surface area contributed by atoms with Gasteiger partial charge in [-0.25, -0.2) is 0 Å². The van der Waals surface area contributed by atoms with E-state index in [1.165, 1.54) is 24.3 Å². The number of phenols is 1. The first-order valence-electron chi connectivity index (χ1n) is 5.62. The van der Waals surface area contributed by atoms with Gasteiger partial charge in [-0.05, 0) is 69.4 Å². The molecule has 0 saturated heterocycles. The molecule has 0 atom stereocenters. The molecular formula is C13H8I2N2O4. The van der Waals surface area contributed by atoms with Crippen molar-refractivity contribution in [3.63, 3.8) is 0 Å². The molecule has 0 aromatic heterocycles. The van der Waals surface area contributed by atoms with Crippen LogP contribution in [0.4, 0.5) is 11.4 Å². The van der Waals surface area contributed by atoms with Crippen molar-refractivity contribution >= 4 is 62.5 Å². The third kappa shape index (κ3) is 3.81. The third-order valence-electron chi connectivity index (χ3n) is 2.61. The highest BCUT2D eigenvalue weighted by atomic mass is 127. The number of hydrogen-bond donors (Lipinski definition) is 2. The first-order chi connectivity index (χ1) is 9.88. The lowest BCUT2D eigenvalue weighted by Crippen LogP contribution is -2.12. The maximum absolute atomic E-state index is 12.1. The normalized spacial score (nSPS) is 10.2. The quantitative estimate of drug-likeness (QED) is 0.374. The van der Waals surface area contributed by atoms with Crippen LogP contribution in [0.3, 0.4) is 0 Å². The highest BCUT2D eigenvalue weighted by Gasteiger charge is 2.15. The number of benzene rings is 2. The number of halogens is 2. The van der Waals surface area contributed by atoms with Gasteiger partial charge in [0, 0.05) is 21.4 Å². The molecular weight excluding hydrogens is 502 g/mol. The van der Waals surface area contributed by atoms with E-state index in [9.17, 15) is 20.0 Å². The summed E-state index contributed by atoms with van der Waals surface area (Å²) in [4.78, 5) is 22.2. The minimum atomic E-state index is -0.515. The largest absolute Gasteiger partial charge is 0.506 e. The van der Waals surface area contributed by atoms with Crippen LogP contribution in [0.25, 0.3) is 0 Å². The number of carbonyl (C=O) groups excluding carboxylic acids is 1. The van der Waals surface area contributed by atoms with Crippen molar-refractivity contribution in [2.45, 2.75) is 0 Å². The minimum Gasteiger partial charge on any atom is -0.506 e. The number of aromatic hydroxyl groups is 1. The molecule has 2 N–H and O–H groups in total. The number of nitro groups is 1. The number of rotatable bonds is 3. The second-order valence-corrected chi connectivity index (χ2v) is 6.45. The zero-order chi connectivity index (χ0) is 15.6. The van der Waals surface area contributed by atoms with Gasteiger partial charge in [-0.1, -0.05) is 0 Å². The molecule has 2 aromatic carbocycles. The fourth-order valence-electron chi connectivity index (χ4n) is 1.60. The lowest BCUT2D eigenvalue weighted by molar-refractivity contribution is -0.384. The summed E-state index contributed by atoms with van der Waals surface area (Å²) in [6, 6.07) is 8.79. The maximum atomic E-state index is 12.1. The number of amides is 1. The Hall–Kier alpha value is -1.43. The summed E-state index contributed by atoms with van der Waals surface area (Å²) in [5.74, 6) is -0.562. The number of carbonyl (C=O) groups is 1. The second kappa shape index (κ2) is 6.56. The molecule has 0 saturated carbocycles. The number of nitro benzene ring substituents is 1. The van der Waals surface area contributed by atoms with Crippen molar-refractivity contribution in [2.24, 2.45) is 0 Å². The number of nitrogens with one attached hydrogen (secondary N) is 1. The van der Waals surface area contributed by atoms with Crippen LogP contribution >= 0.6 is 45.2 Å².